The van der Waals surface area contributed by atoms with Gasteiger partial charge in [0.2, 0.25) is 0 Å². The summed E-state index contributed by atoms with van der Waals surface area (Å²) >= 11 is 0. The smallest absolute Gasteiger partial charge is 0.0297 e. The average Bonchev–Trinajstić information content (AvgIpc) is 1.67. The standard InChI is InChI=1S/C22H36.C18H30.C17H28.C12H20.C11H18.C11H20.C10H18.C8H14/c1-3-7-17-15(5-1)9-11-21-19(17)13-14-20-18-8-4-2-6-16(18)10-12-22(20)21;1-3-7-15-13(5-1)9-11-18-16-8-4-2-6-14(16)10-12-17(15)18;1-2-6-14-12(4-1)8-10-17-15-7-3-5-13(15)9-11-16(14)17;1-3-9-4-2-6-11-8-7-10(5-1)12(9)11;1-3-8-4-2-6-10(8)11-7-9(11)5-1;1-3-7-11(8-4-1)9-5-2-6-10-11;1-2-6-10(7-3-1)8-4-5-9-10;1-2-4-8(5-3-1)6-7-8/h15-22H,1-14H2;13-18H,1-12H2;12-17H,1-11H2;9-12H,1-8H2;8-11H,1-7H2;1-10H2;1-9H2;1-7H2. The van der Waals surface area contributed by atoms with Crippen LogP contribution < -0.4 is 0 Å². The highest BCUT2D eigenvalue weighted by molar-refractivity contribution is 5.05. The fraction of sp³-hybridized carbons (Fsp3) is 1.00. The Kier molecular flexibility index (Phi) is 28.0. The van der Waals surface area contributed by atoms with E-state index in [0.717, 1.165) is 63.6 Å². The first-order valence-electron chi connectivity index (χ1n) is 53.9. The van der Waals surface area contributed by atoms with Gasteiger partial charge in [-0.15, -0.1) is 0 Å². The summed E-state index contributed by atoms with van der Waals surface area (Å²) in [4.78, 5) is 0. The van der Waals surface area contributed by atoms with Crippen molar-refractivity contribution in [1.29, 1.82) is 0 Å². The van der Waals surface area contributed by atoms with Crippen molar-refractivity contribution in [3.05, 3.63) is 0 Å². The summed E-state index contributed by atoms with van der Waals surface area (Å²) in [6.45, 7) is 0. The number of fused-ring (bicyclic) bond motifs is 20. The molecule has 109 heavy (non-hydrogen) atoms. The molecule has 0 aromatic carbocycles. The molecule has 25 aliphatic carbocycles. The first-order chi connectivity index (χ1) is 53.9. The normalized spacial score (nSPS) is 47.6. The van der Waals surface area contributed by atoms with Gasteiger partial charge in [-0.3, -0.25) is 0 Å². The van der Waals surface area contributed by atoms with Crippen molar-refractivity contribution >= 4 is 0 Å². The summed E-state index contributed by atoms with van der Waals surface area (Å²) in [5, 5.41) is 0. The van der Waals surface area contributed by atoms with E-state index < -0.39 is 0 Å². The van der Waals surface area contributed by atoms with E-state index in [0.29, 0.717) is 0 Å². The fourth-order valence-corrected chi connectivity index (χ4v) is 37.8. The third-order valence-corrected chi connectivity index (χ3v) is 43.2. The van der Waals surface area contributed by atoms with Crippen molar-refractivity contribution in [3.63, 3.8) is 0 Å². The Bertz CT molecular complexity index is 2550. The Labute approximate surface area is 678 Å². The Morgan fingerprint density at radius 2 is 0.275 bits per heavy atom. The Morgan fingerprint density at radius 3 is 0.569 bits per heavy atom. The highest BCUT2D eigenvalue weighted by Crippen LogP contribution is 2.65. The van der Waals surface area contributed by atoms with E-state index in [-0.39, 0.29) is 0 Å². The monoisotopic (exact) mass is 1490 g/mol. The zero-order chi connectivity index (χ0) is 72.8. The van der Waals surface area contributed by atoms with E-state index in [1.54, 1.807) is 411 Å². The lowest BCUT2D eigenvalue weighted by Crippen LogP contribution is -2.49. The van der Waals surface area contributed by atoms with E-state index in [4.69, 9.17) is 0 Å². The zero-order valence-corrected chi connectivity index (χ0v) is 72.8. The van der Waals surface area contributed by atoms with Crippen LogP contribution in [0.25, 0.3) is 0 Å². The summed E-state index contributed by atoms with van der Waals surface area (Å²) in [5.41, 5.74) is 2.66. The number of rotatable bonds is 0. The fourth-order valence-electron chi connectivity index (χ4n) is 37.8. The van der Waals surface area contributed by atoms with E-state index in [9.17, 15) is 0 Å². The van der Waals surface area contributed by atoms with Gasteiger partial charge in [-0.05, 0) is 413 Å². The molecule has 0 bridgehead atoms. The van der Waals surface area contributed by atoms with Gasteiger partial charge >= 0.3 is 0 Å². The van der Waals surface area contributed by atoms with Crippen LogP contribution in [0.5, 0.6) is 0 Å². The van der Waals surface area contributed by atoms with Crippen molar-refractivity contribution < 1.29 is 0 Å². The molecule has 26 unspecified atom stereocenters. The molecule has 0 amide bonds. The van der Waals surface area contributed by atoms with Crippen LogP contribution in [0.1, 0.15) is 501 Å². The molecule has 0 aliphatic heterocycles. The van der Waals surface area contributed by atoms with Crippen LogP contribution in [0.2, 0.25) is 0 Å². The van der Waals surface area contributed by atoms with Gasteiger partial charge in [0.15, 0.2) is 0 Å². The number of hydrogen-bond acceptors (Lipinski definition) is 0. The van der Waals surface area contributed by atoms with Gasteiger partial charge in [0, 0.05) is 0 Å². The molecule has 0 N–H and O–H groups in total. The molecule has 3 spiro atoms. The molecule has 25 fully saturated rings. The first-order valence-corrected chi connectivity index (χ1v) is 53.9. The summed E-state index contributed by atoms with van der Waals surface area (Å²) in [6.07, 6.45) is 123. The second kappa shape index (κ2) is 38.2. The minimum absolute atomic E-state index is 0.858. The van der Waals surface area contributed by atoms with E-state index >= 15 is 0 Å². The van der Waals surface area contributed by atoms with Crippen molar-refractivity contribution in [3.8, 4) is 0 Å². The predicted octanol–water partition coefficient (Wildman–Crippen LogP) is 33.9. The molecule has 25 aliphatic rings. The minimum atomic E-state index is 0.858. The van der Waals surface area contributed by atoms with Crippen LogP contribution in [0.3, 0.4) is 0 Å². The predicted molar refractivity (Wildman–Crippen MR) is 465 cm³/mol. The third kappa shape index (κ3) is 19.0. The molecular formula is C109H184. The largest absolute Gasteiger partial charge is 0.0533 e. The molecule has 25 rings (SSSR count). The lowest BCUT2D eigenvalue weighted by molar-refractivity contribution is -0.0786. The lowest BCUT2D eigenvalue weighted by atomic mass is 9.48. The Morgan fingerprint density at radius 1 is 0.101 bits per heavy atom. The molecule has 0 nitrogen and oxygen atoms in total. The second-order valence-corrected chi connectivity index (χ2v) is 47.9. The van der Waals surface area contributed by atoms with Gasteiger partial charge in [-0.1, -0.05) is 270 Å². The molecule has 0 aromatic rings. The average molecular weight is 1490 g/mol. The summed E-state index contributed by atoms with van der Waals surface area (Å²) in [5.74, 6) is 32.8. The van der Waals surface area contributed by atoms with E-state index in [2.05, 4.69) is 0 Å². The Hall–Kier alpha value is 0. The second-order valence-electron chi connectivity index (χ2n) is 47.9. The number of hydrogen-bond donors (Lipinski definition) is 0. The molecule has 0 saturated heterocycles. The van der Waals surface area contributed by atoms with Gasteiger partial charge < -0.3 is 0 Å². The maximum atomic E-state index is 1.64. The van der Waals surface area contributed by atoms with Crippen molar-refractivity contribution in [1.82, 2.24) is 0 Å². The SMILES string of the molecule is C1CC2CCCC2C2CC2C1.C1CC2CCCC3CCC(C1)C23.C1CCC2(CC1)CC2.C1CCC2(CC1)CCCC2.C1CCC2(CC1)CCCCC2.C1CCC2C(C1)CCC1C2CCC2C3CCCCC3CCC21.C1CCC2C(C1)CCC1C3CCCC3CCC21.C1CCC2C(C1)CCC1C3CCCCC3CCC21. The van der Waals surface area contributed by atoms with Crippen molar-refractivity contribution in [2.75, 3.05) is 0 Å². The van der Waals surface area contributed by atoms with E-state index in [1.807, 2.05) is 0 Å². The topological polar surface area (TPSA) is 0 Å². The maximum absolute atomic E-state index is 1.64. The van der Waals surface area contributed by atoms with E-state index in [1.165, 1.54) is 208 Å². The van der Waals surface area contributed by atoms with Gasteiger partial charge in [-0.2, -0.15) is 0 Å². The van der Waals surface area contributed by atoms with Crippen LogP contribution >= 0.6 is 0 Å². The van der Waals surface area contributed by atoms with Crippen LogP contribution in [-0.2, 0) is 0 Å². The van der Waals surface area contributed by atoms with Gasteiger partial charge in [-0.25, -0.2) is 0 Å². The molecular weight excluding hydrogens is 1310 g/mol. The van der Waals surface area contributed by atoms with Gasteiger partial charge in [0.1, 0.15) is 0 Å². The summed E-state index contributed by atoms with van der Waals surface area (Å²) in [7, 11) is 0. The molecule has 0 radical (unpaired) electrons. The minimum Gasteiger partial charge on any atom is -0.0533 e. The molecule has 25 saturated carbocycles. The van der Waals surface area contributed by atoms with Crippen molar-refractivity contribution in [2.24, 2.45) is 182 Å². The van der Waals surface area contributed by atoms with Gasteiger partial charge in [0.05, 0.1) is 0 Å². The van der Waals surface area contributed by atoms with Crippen LogP contribution in [0.4, 0.5) is 0 Å². The highest BCUT2D eigenvalue weighted by Gasteiger charge is 2.55. The molecule has 0 heterocycles. The lowest BCUT2D eigenvalue weighted by Gasteiger charge is -2.57. The van der Waals surface area contributed by atoms with Gasteiger partial charge in [0.25, 0.3) is 0 Å². The van der Waals surface area contributed by atoms with Crippen molar-refractivity contribution in [2.45, 2.75) is 501 Å². The zero-order valence-electron chi connectivity index (χ0n) is 72.8. The third-order valence-electron chi connectivity index (χ3n) is 43.2. The Balaban J connectivity index is 0.0000000893. The molecule has 620 valence electrons. The van der Waals surface area contributed by atoms with Crippen LogP contribution in [-0.4, -0.2) is 0 Å². The summed E-state index contributed by atoms with van der Waals surface area (Å²) in [6, 6.07) is 0. The first kappa shape index (κ1) is 80.1. The van der Waals surface area contributed by atoms with Crippen LogP contribution in [0, 0.1) is 182 Å². The highest BCUT2D eigenvalue weighted by atomic mass is 14.6. The maximum Gasteiger partial charge on any atom is -0.0297 e. The molecule has 0 heteroatoms. The molecule has 0 aromatic heterocycles. The summed E-state index contributed by atoms with van der Waals surface area (Å²) < 4.78 is 0. The quantitative estimate of drug-likeness (QED) is 0.227. The molecule has 26 atom stereocenters. The van der Waals surface area contributed by atoms with Crippen LogP contribution in [0.15, 0.2) is 0 Å².